The van der Waals surface area contributed by atoms with Gasteiger partial charge in [0.2, 0.25) is 0 Å². The number of aryl methyl sites for hydroxylation is 1. The van der Waals surface area contributed by atoms with Crippen molar-refractivity contribution in [1.29, 1.82) is 0 Å². The highest BCUT2D eigenvalue weighted by Gasteiger charge is 2.05. The van der Waals surface area contributed by atoms with Crippen LogP contribution in [0.1, 0.15) is 5.56 Å². The Balaban J connectivity index is 1.82. The van der Waals surface area contributed by atoms with Crippen molar-refractivity contribution in [2.45, 2.75) is 6.92 Å². The van der Waals surface area contributed by atoms with E-state index in [4.69, 9.17) is 0 Å². The zero-order valence-electron chi connectivity index (χ0n) is 9.56. The molecule has 0 aromatic heterocycles. The Labute approximate surface area is 101 Å². The zero-order chi connectivity index (χ0) is 11.2. The Morgan fingerprint density at radius 2 is 1.31 bits per heavy atom. The van der Waals surface area contributed by atoms with Crippen LogP contribution in [0.25, 0.3) is 0 Å². The van der Waals surface area contributed by atoms with Crippen LogP contribution in [-0.4, -0.2) is 5.90 Å². The van der Waals surface area contributed by atoms with Gasteiger partial charge in [-0.15, -0.1) is 0 Å². The molecular weight excluding hydrogens is 230 g/mol. The first kappa shape index (κ1) is 11.8. The first-order valence-electron chi connectivity index (χ1n) is 5.63. The van der Waals surface area contributed by atoms with Crippen LogP contribution in [0, 0.1) is 6.92 Å². The monoisotopic (exact) mass is 248 g/mol. The number of rotatable bonds is 4. The quantitative estimate of drug-likeness (QED) is 0.730. The summed E-state index contributed by atoms with van der Waals surface area (Å²) in [5, 5.41) is 3.09. The molecule has 0 saturated heterocycles. The standard InChI is InChI=1S/C14H16P2/c1-12-7-9-14(10-8-12)16-11-15-13-5-3-2-4-6-13/h2-10,15-16H,11H2,1H3/p+2. The average Bonchev–Trinajstić information content (AvgIpc) is 2.33. The van der Waals surface area contributed by atoms with E-state index in [2.05, 4.69) is 61.5 Å². The zero-order valence-corrected chi connectivity index (χ0v) is 11.9. The lowest BCUT2D eigenvalue weighted by Gasteiger charge is -1.94. The third-order valence-electron chi connectivity index (χ3n) is 2.58. The summed E-state index contributed by atoms with van der Waals surface area (Å²) in [7, 11) is 0.933. The maximum atomic E-state index is 2.29. The van der Waals surface area contributed by atoms with Crippen molar-refractivity contribution in [1.82, 2.24) is 0 Å². The van der Waals surface area contributed by atoms with Crippen LogP contribution in [0.3, 0.4) is 0 Å². The van der Waals surface area contributed by atoms with Gasteiger partial charge in [0.25, 0.3) is 0 Å². The fraction of sp³-hybridized carbons (Fsp3) is 0.143. The second kappa shape index (κ2) is 6.14. The Morgan fingerprint density at radius 1 is 0.750 bits per heavy atom. The van der Waals surface area contributed by atoms with Crippen LogP contribution < -0.4 is 10.6 Å². The van der Waals surface area contributed by atoms with E-state index in [1.54, 1.807) is 10.6 Å². The molecule has 0 aliphatic heterocycles. The van der Waals surface area contributed by atoms with E-state index in [9.17, 15) is 0 Å². The third kappa shape index (κ3) is 3.71. The van der Waals surface area contributed by atoms with Gasteiger partial charge < -0.3 is 0 Å². The van der Waals surface area contributed by atoms with Crippen molar-refractivity contribution >= 4 is 27.8 Å². The third-order valence-corrected chi connectivity index (χ3v) is 6.18. The van der Waals surface area contributed by atoms with E-state index < -0.39 is 0 Å². The summed E-state index contributed by atoms with van der Waals surface area (Å²) in [6.07, 6.45) is 0. The van der Waals surface area contributed by atoms with Crippen molar-refractivity contribution in [2.24, 2.45) is 0 Å². The lowest BCUT2D eigenvalue weighted by molar-refractivity contribution is 1.49. The highest BCUT2D eigenvalue weighted by Crippen LogP contribution is 2.22. The Kier molecular flexibility index (Phi) is 4.52. The molecule has 0 nitrogen and oxygen atoms in total. The summed E-state index contributed by atoms with van der Waals surface area (Å²) in [6.45, 7) is 2.15. The van der Waals surface area contributed by atoms with Gasteiger partial charge in [-0.3, -0.25) is 0 Å². The van der Waals surface area contributed by atoms with Gasteiger partial charge in [-0.25, -0.2) is 0 Å². The molecule has 2 unspecified atom stereocenters. The van der Waals surface area contributed by atoms with Gasteiger partial charge in [0.05, 0.1) is 27.8 Å². The van der Waals surface area contributed by atoms with Crippen LogP contribution in [0.4, 0.5) is 0 Å². The lowest BCUT2D eigenvalue weighted by Crippen LogP contribution is -1.96. The van der Waals surface area contributed by atoms with E-state index >= 15 is 0 Å². The Bertz CT molecular complexity index is 420. The molecule has 0 heterocycles. The summed E-state index contributed by atoms with van der Waals surface area (Å²) in [6, 6.07) is 19.9. The van der Waals surface area contributed by atoms with Crippen LogP contribution in [0.5, 0.6) is 0 Å². The van der Waals surface area contributed by atoms with Crippen LogP contribution in [0.2, 0.25) is 0 Å². The minimum atomic E-state index is 0.465. The molecule has 0 bridgehead atoms. The van der Waals surface area contributed by atoms with Gasteiger partial charge in [-0.2, -0.15) is 0 Å². The molecule has 2 aromatic carbocycles. The van der Waals surface area contributed by atoms with Crippen LogP contribution in [-0.2, 0) is 0 Å². The molecule has 0 fully saturated rings. The summed E-state index contributed by atoms with van der Waals surface area (Å²) in [5.74, 6) is 1.40. The summed E-state index contributed by atoms with van der Waals surface area (Å²) in [4.78, 5) is 0. The topological polar surface area (TPSA) is 0 Å². The van der Waals surface area contributed by atoms with E-state index in [0.29, 0.717) is 17.2 Å². The molecule has 16 heavy (non-hydrogen) atoms. The van der Waals surface area contributed by atoms with Gasteiger partial charge in [-0.05, 0) is 31.2 Å². The van der Waals surface area contributed by atoms with Gasteiger partial charge in [-0.1, -0.05) is 35.9 Å². The summed E-state index contributed by atoms with van der Waals surface area (Å²) in [5.41, 5.74) is 1.36. The summed E-state index contributed by atoms with van der Waals surface area (Å²) >= 11 is 0. The normalized spacial score (nSPS) is 11.8. The molecule has 2 heteroatoms. The number of hydrogen-bond acceptors (Lipinski definition) is 0. The summed E-state index contributed by atoms with van der Waals surface area (Å²) < 4.78 is 0. The molecule has 2 rings (SSSR count). The van der Waals surface area contributed by atoms with Crippen LogP contribution in [0.15, 0.2) is 54.6 Å². The molecule has 82 valence electrons. The Morgan fingerprint density at radius 3 is 1.94 bits per heavy atom. The van der Waals surface area contributed by atoms with Gasteiger partial charge in [0, 0.05) is 0 Å². The largest absolute Gasteiger partial charge is 0.160 e. The predicted molar refractivity (Wildman–Crippen MR) is 81.2 cm³/mol. The molecule has 2 aromatic rings. The van der Waals surface area contributed by atoms with E-state index in [-0.39, 0.29) is 0 Å². The molecule has 2 atom stereocenters. The van der Waals surface area contributed by atoms with Crippen molar-refractivity contribution in [3.8, 4) is 0 Å². The lowest BCUT2D eigenvalue weighted by atomic mass is 10.2. The molecule has 0 aliphatic carbocycles. The average molecular weight is 248 g/mol. The molecular formula is C14H18P2+2. The smallest absolute Gasteiger partial charge is 0.0620 e. The minimum Gasteiger partial charge on any atom is -0.0620 e. The number of hydrogen-bond donors (Lipinski definition) is 0. The highest BCUT2D eigenvalue weighted by molar-refractivity contribution is 7.64. The first-order chi connectivity index (χ1) is 7.84. The van der Waals surface area contributed by atoms with Crippen LogP contribution >= 0.6 is 17.2 Å². The fourth-order valence-electron chi connectivity index (χ4n) is 1.62. The Hall–Kier alpha value is -0.700. The fourth-order valence-corrected chi connectivity index (χ4v) is 5.23. The van der Waals surface area contributed by atoms with Gasteiger partial charge in [0.15, 0.2) is 5.90 Å². The molecule has 0 amide bonds. The highest BCUT2D eigenvalue weighted by atomic mass is 31.1. The number of benzene rings is 2. The van der Waals surface area contributed by atoms with Gasteiger partial charge in [0.1, 0.15) is 0 Å². The molecule has 0 saturated carbocycles. The second-order valence-electron chi connectivity index (χ2n) is 3.97. The maximum Gasteiger partial charge on any atom is 0.160 e. The second-order valence-corrected chi connectivity index (χ2v) is 8.00. The molecule has 0 radical (unpaired) electrons. The van der Waals surface area contributed by atoms with Crippen molar-refractivity contribution in [3.63, 3.8) is 0 Å². The molecule has 0 aliphatic rings. The SMILES string of the molecule is Cc1ccc([PH2+]C[PH2+]c2ccccc2)cc1. The van der Waals surface area contributed by atoms with E-state index in [1.807, 2.05) is 0 Å². The van der Waals surface area contributed by atoms with Crippen molar-refractivity contribution < 1.29 is 0 Å². The van der Waals surface area contributed by atoms with Crippen molar-refractivity contribution in [3.05, 3.63) is 60.2 Å². The van der Waals surface area contributed by atoms with E-state index in [0.717, 1.165) is 0 Å². The first-order valence-corrected chi connectivity index (χ1v) is 8.41. The molecule has 0 N–H and O–H groups in total. The van der Waals surface area contributed by atoms with Crippen molar-refractivity contribution in [2.75, 3.05) is 5.90 Å². The maximum absolute atomic E-state index is 2.29. The minimum absolute atomic E-state index is 0.465. The van der Waals surface area contributed by atoms with Gasteiger partial charge >= 0.3 is 0 Å². The van der Waals surface area contributed by atoms with E-state index in [1.165, 1.54) is 11.5 Å². The molecule has 0 spiro atoms. The predicted octanol–water partition coefficient (Wildman–Crippen LogP) is 2.72.